The van der Waals surface area contributed by atoms with Crippen molar-refractivity contribution in [3.8, 4) is 11.8 Å². The van der Waals surface area contributed by atoms with Gasteiger partial charge in [-0.25, -0.2) is 13.2 Å². The van der Waals surface area contributed by atoms with E-state index in [0.29, 0.717) is 11.1 Å². The molecular formula is C16H11F3OS. The molecule has 1 nitrogen and oxygen atoms in total. The van der Waals surface area contributed by atoms with Gasteiger partial charge in [-0.15, -0.1) is 11.8 Å². The molecule has 5 heteroatoms. The smallest absolute Gasteiger partial charge is 0.136 e. The van der Waals surface area contributed by atoms with E-state index in [1.165, 1.54) is 6.07 Å². The molecule has 0 saturated heterocycles. The van der Waals surface area contributed by atoms with Gasteiger partial charge in [0.2, 0.25) is 0 Å². The summed E-state index contributed by atoms with van der Waals surface area (Å²) in [6, 6.07) is 7.57. The fraction of sp³-hybridized carbons (Fsp3) is 0.125. The molecular weight excluding hydrogens is 297 g/mol. The average molecular weight is 308 g/mol. The molecule has 0 heterocycles. The molecule has 0 radical (unpaired) electrons. The average Bonchev–Trinajstić information content (AvgIpc) is 2.47. The second-order valence-electron chi connectivity index (χ2n) is 4.13. The van der Waals surface area contributed by atoms with E-state index in [1.807, 2.05) is 0 Å². The van der Waals surface area contributed by atoms with E-state index < -0.39 is 17.5 Å². The molecule has 0 aliphatic heterocycles. The Morgan fingerprint density at radius 1 is 1.00 bits per heavy atom. The number of halogens is 3. The van der Waals surface area contributed by atoms with Crippen LogP contribution in [0.2, 0.25) is 0 Å². The van der Waals surface area contributed by atoms with Crippen molar-refractivity contribution in [3.63, 3.8) is 0 Å². The van der Waals surface area contributed by atoms with Crippen LogP contribution in [0.5, 0.6) is 0 Å². The van der Waals surface area contributed by atoms with Crippen molar-refractivity contribution in [1.29, 1.82) is 0 Å². The SMILES string of the molecule is OCC#Cc1ccc(CSc2cc(F)ccc2F)c(F)c1. The normalized spacial score (nSPS) is 10.1. The van der Waals surface area contributed by atoms with E-state index in [1.54, 1.807) is 12.1 Å². The van der Waals surface area contributed by atoms with Gasteiger partial charge in [0.15, 0.2) is 0 Å². The number of rotatable bonds is 3. The lowest BCUT2D eigenvalue weighted by Crippen LogP contribution is -1.91. The van der Waals surface area contributed by atoms with Crippen molar-refractivity contribution in [2.24, 2.45) is 0 Å². The molecule has 0 unspecified atom stereocenters. The number of thioether (sulfide) groups is 1. The predicted molar refractivity (Wildman–Crippen MR) is 76.3 cm³/mol. The van der Waals surface area contributed by atoms with Crippen molar-refractivity contribution in [3.05, 3.63) is 65.0 Å². The van der Waals surface area contributed by atoms with Crippen LogP contribution in [0, 0.1) is 29.3 Å². The summed E-state index contributed by atoms with van der Waals surface area (Å²) in [5, 5.41) is 8.57. The molecule has 0 spiro atoms. The minimum atomic E-state index is -0.535. The molecule has 0 atom stereocenters. The zero-order valence-electron chi connectivity index (χ0n) is 10.9. The fourth-order valence-corrected chi connectivity index (χ4v) is 2.57. The van der Waals surface area contributed by atoms with Gasteiger partial charge in [-0.1, -0.05) is 17.9 Å². The summed E-state index contributed by atoms with van der Waals surface area (Å²) in [7, 11) is 0. The third kappa shape index (κ3) is 4.28. The summed E-state index contributed by atoms with van der Waals surface area (Å²) in [5.41, 5.74) is 0.824. The van der Waals surface area contributed by atoms with Crippen molar-refractivity contribution in [2.75, 3.05) is 6.61 Å². The van der Waals surface area contributed by atoms with Crippen molar-refractivity contribution in [2.45, 2.75) is 10.6 Å². The first kappa shape index (κ1) is 15.5. The number of benzene rings is 2. The van der Waals surface area contributed by atoms with E-state index in [9.17, 15) is 13.2 Å². The maximum Gasteiger partial charge on any atom is 0.136 e. The Hall–Kier alpha value is -1.90. The molecule has 0 fully saturated rings. The minimum absolute atomic E-state index is 0.138. The van der Waals surface area contributed by atoms with E-state index in [-0.39, 0.29) is 17.3 Å². The van der Waals surface area contributed by atoms with Gasteiger partial charge in [-0.2, -0.15) is 0 Å². The van der Waals surface area contributed by atoms with Gasteiger partial charge < -0.3 is 5.11 Å². The minimum Gasteiger partial charge on any atom is -0.384 e. The molecule has 0 aliphatic rings. The summed E-state index contributed by atoms with van der Waals surface area (Å²) < 4.78 is 40.3. The molecule has 108 valence electrons. The zero-order chi connectivity index (χ0) is 15.2. The molecule has 2 aromatic carbocycles. The largest absolute Gasteiger partial charge is 0.384 e. The second-order valence-corrected chi connectivity index (χ2v) is 5.15. The van der Waals surface area contributed by atoms with Crippen LogP contribution in [0.4, 0.5) is 13.2 Å². The van der Waals surface area contributed by atoms with Gasteiger partial charge in [0.25, 0.3) is 0 Å². The van der Waals surface area contributed by atoms with Crippen LogP contribution >= 0.6 is 11.8 Å². The lowest BCUT2D eigenvalue weighted by Gasteiger charge is -2.05. The third-order valence-electron chi connectivity index (χ3n) is 2.64. The highest BCUT2D eigenvalue weighted by molar-refractivity contribution is 7.98. The number of aliphatic hydroxyl groups excluding tert-OH is 1. The van der Waals surface area contributed by atoms with E-state index in [0.717, 1.165) is 30.0 Å². The van der Waals surface area contributed by atoms with E-state index in [2.05, 4.69) is 11.8 Å². The number of hydrogen-bond acceptors (Lipinski definition) is 2. The Kier molecular flexibility index (Phi) is 5.32. The highest BCUT2D eigenvalue weighted by atomic mass is 32.2. The zero-order valence-corrected chi connectivity index (χ0v) is 11.7. The first-order valence-electron chi connectivity index (χ1n) is 6.06. The van der Waals surface area contributed by atoms with Crippen LogP contribution in [-0.4, -0.2) is 11.7 Å². The highest BCUT2D eigenvalue weighted by Crippen LogP contribution is 2.27. The van der Waals surface area contributed by atoms with Gasteiger partial charge >= 0.3 is 0 Å². The number of aliphatic hydroxyl groups is 1. The fourth-order valence-electron chi connectivity index (χ4n) is 1.63. The van der Waals surface area contributed by atoms with Crippen molar-refractivity contribution >= 4 is 11.8 Å². The Bertz CT molecular complexity index is 704. The summed E-state index contributed by atoms with van der Waals surface area (Å²) in [5.74, 6) is 3.67. The summed E-state index contributed by atoms with van der Waals surface area (Å²) in [4.78, 5) is 0.138. The molecule has 21 heavy (non-hydrogen) atoms. The Morgan fingerprint density at radius 2 is 1.81 bits per heavy atom. The lowest BCUT2D eigenvalue weighted by molar-refractivity contribution is 0.350. The molecule has 1 N–H and O–H groups in total. The van der Waals surface area contributed by atoms with Gasteiger partial charge in [-0.05, 0) is 35.9 Å². The molecule has 2 rings (SSSR count). The van der Waals surface area contributed by atoms with Gasteiger partial charge in [0.05, 0.1) is 0 Å². The molecule has 0 aliphatic carbocycles. The molecule has 0 amide bonds. The van der Waals surface area contributed by atoms with Gasteiger partial charge in [-0.3, -0.25) is 0 Å². The maximum atomic E-state index is 13.8. The summed E-state index contributed by atoms with van der Waals surface area (Å²) in [6.45, 7) is -0.294. The van der Waals surface area contributed by atoms with Crippen LogP contribution in [0.1, 0.15) is 11.1 Å². The first-order chi connectivity index (χ1) is 10.1. The quantitative estimate of drug-likeness (QED) is 0.688. The predicted octanol–water partition coefficient (Wildman–Crippen LogP) is 3.74. The van der Waals surface area contributed by atoms with E-state index >= 15 is 0 Å². The molecule has 2 aromatic rings. The topological polar surface area (TPSA) is 20.2 Å². The molecule has 0 saturated carbocycles. The Labute approximate surface area is 124 Å². The van der Waals surface area contributed by atoms with E-state index in [4.69, 9.17) is 5.11 Å². The molecule has 0 bridgehead atoms. The second kappa shape index (κ2) is 7.21. The Morgan fingerprint density at radius 3 is 2.52 bits per heavy atom. The van der Waals surface area contributed by atoms with Crippen LogP contribution < -0.4 is 0 Å². The van der Waals surface area contributed by atoms with Crippen LogP contribution in [-0.2, 0) is 5.75 Å². The lowest BCUT2D eigenvalue weighted by atomic mass is 10.1. The summed E-state index contributed by atoms with van der Waals surface area (Å²) in [6.07, 6.45) is 0. The first-order valence-corrected chi connectivity index (χ1v) is 7.04. The van der Waals surface area contributed by atoms with Gasteiger partial charge in [0.1, 0.15) is 24.1 Å². The Balaban J connectivity index is 2.11. The monoisotopic (exact) mass is 308 g/mol. The third-order valence-corrected chi connectivity index (χ3v) is 3.72. The molecule has 0 aromatic heterocycles. The maximum absolute atomic E-state index is 13.8. The van der Waals surface area contributed by atoms with Gasteiger partial charge in [0, 0.05) is 16.2 Å². The van der Waals surface area contributed by atoms with Crippen molar-refractivity contribution in [1.82, 2.24) is 0 Å². The standard InChI is InChI=1S/C16H11F3OS/c17-13-5-6-14(18)16(9-13)21-10-12-4-3-11(2-1-7-20)8-15(12)19/h3-6,8-9,20H,7,10H2. The van der Waals surface area contributed by atoms with Crippen LogP contribution in [0.3, 0.4) is 0 Å². The van der Waals surface area contributed by atoms with Crippen molar-refractivity contribution < 1.29 is 18.3 Å². The number of hydrogen-bond donors (Lipinski definition) is 1. The van der Waals surface area contributed by atoms with Crippen LogP contribution in [0.15, 0.2) is 41.3 Å². The summed E-state index contributed by atoms with van der Waals surface area (Å²) >= 11 is 1.02. The van der Waals surface area contributed by atoms with Crippen LogP contribution in [0.25, 0.3) is 0 Å². The highest BCUT2D eigenvalue weighted by Gasteiger charge is 2.08.